The number of carbonyl (C=O) groups excluding carboxylic acids is 1. The van der Waals surface area contributed by atoms with Gasteiger partial charge in [-0.25, -0.2) is 5.43 Å². The van der Waals surface area contributed by atoms with Gasteiger partial charge in [-0.05, 0) is 35.7 Å². The van der Waals surface area contributed by atoms with Crippen LogP contribution in [0.3, 0.4) is 0 Å². The second-order valence-electron chi connectivity index (χ2n) is 6.30. The third kappa shape index (κ3) is 3.98. The van der Waals surface area contributed by atoms with E-state index in [0.717, 1.165) is 4.47 Å². The Morgan fingerprint density at radius 1 is 1.04 bits per heavy atom. The number of aliphatic hydroxyl groups is 1. The highest BCUT2D eigenvalue weighted by Crippen LogP contribution is 2.30. The van der Waals surface area contributed by atoms with Gasteiger partial charge in [0.1, 0.15) is 5.75 Å². The Morgan fingerprint density at radius 2 is 1.57 bits per heavy atom. The molecule has 3 N–H and O–H groups in total. The molecule has 0 atom stereocenters. The quantitative estimate of drug-likeness (QED) is 0.417. The molecule has 5 nitrogen and oxygen atoms in total. The lowest BCUT2D eigenvalue weighted by Crippen LogP contribution is -2.43. The number of rotatable bonds is 5. The van der Waals surface area contributed by atoms with Crippen LogP contribution in [0.2, 0.25) is 0 Å². The molecule has 3 aromatic carbocycles. The number of aromatic hydroxyl groups is 1. The number of amides is 1. The maximum absolute atomic E-state index is 12.9. The lowest BCUT2D eigenvalue weighted by Gasteiger charge is -2.27. The molecule has 142 valence electrons. The Labute approximate surface area is 171 Å². The van der Waals surface area contributed by atoms with E-state index in [1.165, 1.54) is 6.21 Å². The largest absolute Gasteiger partial charge is 0.507 e. The van der Waals surface area contributed by atoms with Gasteiger partial charge in [0.05, 0.1) is 6.21 Å². The number of hydrogen-bond acceptors (Lipinski definition) is 4. The van der Waals surface area contributed by atoms with Crippen molar-refractivity contribution < 1.29 is 15.0 Å². The standard InChI is InChI=1S/C22H19BrN2O3/c1-15-12-19(23)13-16(20(15)26)14-24-25-21(27)22(28,17-8-4-2-5-9-17)18-10-6-3-7-11-18/h2-14,26,28H,1H3,(H,25,27)/b24-14+. The highest BCUT2D eigenvalue weighted by Gasteiger charge is 2.39. The van der Waals surface area contributed by atoms with Crippen molar-refractivity contribution in [3.63, 3.8) is 0 Å². The number of carbonyl (C=O) groups is 1. The average Bonchev–Trinajstić information content (AvgIpc) is 2.72. The fraction of sp³-hybridized carbons (Fsp3) is 0.0909. The normalized spacial score (nSPS) is 11.5. The SMILES string of the molecule is Cc1cc(Br)cc(/C=N/NC(=O)C(O)(c2ccccc2)c2ccccc2)c1O. The number of phenols is 1. The first kappa shape index (κ1) is 19.8. The summed E-state index contributed by atoms with van der Waals surface area (Å²) in [6.07, 6.45) is 1.33. The van der Waals surface area contributed by atoms with Gasteiger partial charge >= 0.3 is 0 Å². The molecule has 0 fully saturated rings. The highest BCUT2D eigenvalue weighted by atomic mass is 79.9. The Balaban J connectivity index is 1.91. The van der Waals surface area contributed by atoms with Crippen LogP contribution in [-0.4, -0.2) is 22.3 Å². The van der Waals surface area contributed by atoms with Crippen molar-refractivity contribution in [3.8, 4) is 5.75 Å². The van der Waals surface area contributed by atoms with E-state index in [0.29, 0.717) is 22.3 Å². The minimum absolute atomic E-state index is 0.0718. The fourth-order valence-corrected chi connectivity index (χ4v) is 3.48. The van der Waals surface area contributed by atoms with Gasteiger partial charge in [0.2, 0.25) is 0 Å². The number of phenolic OH excluding ortho intramolecular Hbond substituents is 1. The van der Waals surface area contributed by atoms with Crippen molar-refractivity contribution in [1.29, 1.82) is 0 Å². The van der Waals surface area contributed by atoms with Crippen molar-refractivity contribution in [2.24, 2.45) is 5.10 Å². The van der Waals surface area contributed by atoms with E-state index in [4.69, 9.17) is 0 Å². The summed E-state index contributed by atoms with van der Waals surface area (Å²) in [6.45, 7) is 1.76. The molecular weight excluding hydrogens is 420 g/mol. The Hall–Kier alpha value is -2.96. The highest BCUT2D eigenvalue weighted by molar-refractivity contribution is 9.10. The molecule has 0 unspecified atom stereocenters. The van der Waals surface area contributed by atoms with Gasteiger partial charge in [-0.1, -0.05) is 76.6 Å². The average molecular weight is 439 g/mol. The molecule has 0 aromatic heterocycles. The van der Waals surface area contributed by atoms with Crippen LogP contribution in [0.15, 0.2) is 82.4 Å². The second kappa shape index (κ2) is 8.37. The molecule has 0 spiro atoms. The van der Waals surface area contributed by atoms with Gasteiger partial charge in [-0.2, -0.15) is 5.10 Å². The zero-order valence-electron chi connectivity index (χ0n) is 15.1. The smallest absolute Gasteiger partial charge is 0.281 e. The molecule has 28 heavy (non-hydrogen) atoms. The van der Waals surface area contributed by atoms with Gasteiger partial charge in [-0.15, -0.1) is 0 Å². The molecule has 0 aliphatic carbocycles. The van der Waals surface area contributed by atoms with Gasteiger partial charge < -0.3 is 10.2 Å². The topological polar surface area (TPSA) is 81.9 Å². The van der Waals surface area contributed by atoms with Crippen molar-refractivity contribution >= 4 is 28.1 Å². The van der Waals surface area contributed by atoms with Crippen molar-refractivity contribution in [3.05, 3.63) is 99.5 Å². The zero-order chi connectivity index (χ0) is 20.1. The summed E-state index contributed by atoms with van der Waals surface area (Å²) in [5.74, 6) is -0.630. The molecule has 3 rings (SSSR count). The first-order valence-electron chi connectivity index (χ1n) is 8.59. The third-order valence-electron chi connectivity index (χ3n) is 4.38. The monoisotopic (exact) mass is 438 g/mol. The molecule has 6 heteroatoms. The van der Waals surface area contributed by atoms with Crippen LogP contribution in [0, 0.1) is 6.92 Å². The van der Waals surface area contributed by atoms with E-state index in [9.17, 15) is 15.0 Å². The predicted octanol–water partition coefficient (Wildman–Crippen LogP) is 3.85. The number of halogens is 1. The lowest BCUT2D eigenvalue weighted by atomic mass is 9.85. The number of benzene rings is 3. The van der Waals surface area contributed by atoms with E-state index in [1.54, 1.807) is 67.6 Å². The summed E-state index contributed by atoms with van der Waals surface area (Å²) < 4.78 is 0.778. The van der Waals surface area contributed by atoms with Crippen molar-refractivity contribution in [2.45, 2.75) is 12.5 Å². The van der Waals surface area contributed by atoms with E-state index in [1.807, 2.05) is 12.1 Å². The van der Waals surface area contributed by atoms with Crippen LogP contribution >= 0.6 is 15.9 Å². The number of hydrazone groups is 1. The first-order chi connectivity index (χ1) is 13.4. The number of hydrogen-bond donors (Lipinski definition) is 3. The van der Waals surface area contributed by atoms with Crippen LogP contribution in [0.5, 0.6) is 5.75 Å². The van der Waals surface area contributed by atoms with E-state index in [2.05, 4.69) is 26.5 Å². The molecule has 0 saturated heterocycles. The summed E-state index contributed by atoms with van der Waals surface area (Å²) >= 11 is 3.36. The minimum atomic E-state index is -1.91. The van der Waals surface area contributed by atoms with Crippen LogP contribution in [-0.2, 0) is 10.4 Å². The van der Waals surface area contributed by atoms with E-state index in [-0.39, 0.29) is 5.75 Å². The van der Waals surface area contributed by atoms with Crippen LogP contribution in [0.25, 0.3) is 0 Å². The van der Waals surface area contributed by atoms with Gasteiger partial charge in [0, 0.05) is 10.0 Å². The molecule has 3 aromatic rings. The Kier molecular flexibility index (Phi) is 5.92. The molecular formula is C22H19BrN2O3. The second-order valence-corrected chi connectivity index (χ2v) is 7.22. The lowest BCUT2D eigenvalue weighted by molar-refractivity contribution is -0.136. The number of nitrogens with one attached hydrogen (secondary N) is 1. The fourth-order valence-electron chi connectivity index (χ4n) is 2.89. The summed E-state index contributed by atoms with van der Waals surface area (Å²) in [5, 5.41) is 25.4. The van der Waals surface area contributed by atoms with Gasteiger partial charge in [0.25, 0.3) is 5.91 Å². The molecule has 0 heterocycles. The first-order valence-corrected chi connectivity index (χ1v) is 9.38. The third-order valence-corrected chi connectivity index (χ3v) is 4.83. The van der Waals surface area contributed by atoms with E-state index < -0.39 is 11.5 Å². The molecule has 0 aliphatic rings. The number of nitrogens with zero attached hydrogens (tertiary/aromatic N) is 1. The molecule has 0 radical (unpaired) electrons. The molecule has 0 aliphatic heterocycles. The molecule has 0 bridgehead atoms. The van der Waals surface area contributed by atoms with E-state index >= 15 is 0 Å². The van der Waals surface area contributed by atoms with Crippen LogP contribution < -0.4 is 5.43 Å². The van der Waals surface area contributed by atoms with Crippen molar-refractivity contribution in [2.75, 3.05) is 0 Å². The van der Waals surface area contributed by atoms with Gasteiger partial charge in [-0.3, -0.25) is 4.79 Å². The maximum atomic E-state index is 12.9. The van der Waals surface area contributed by atoms with Crippen LogP contribution in [0.4, 0.5) is 0 Å². The van der Waals surface area contributed by atoms with Crippen LogP contribution in [0.1, 0.15) is 22.3 Å². The Bertz CT molecular complexity index is 966. The predicted molar refractivity (Wildman–Crippen MR) is 112 cm³/mol. The summed E-state index contributed by atoms with van der Waals surface area (Å²) in [7, 11) is 0. The van der Waals surface area contributed by atoms with Gasteiger partial charge in [0.15, 0.2) is 5.60 Å². The minimum Gasteiger partial charge on any atom is -0.507 e. The molecule has 1 amide bonds. The van der Waals surface area contributed by atoms with Crippen molar-refractivity contribution in [1.82, 2.24) is 5.43 Å². The summed E-state index contributed by atoms with van der Waals surface area (Å²) in [4.78, 5) is 12.9. The molecule has 0 saturated carbocycles. The summed E-state index contributed by atoms with van der Waals surface area (Å²) in [6, 6.07) is 20.8. The summed E-state index contributed by atoms with van der Waals surface area (Å²) in [5.41, 5.74) is 2.45. The zero-order valence-corrected chi connectivity index (χ0v) is 16.7. The maximum Gasteiger partial charge on any atom is 0.281 e. The number of aryl methyl sites for hydroxylation is 1. The Morgan fingerprint density at radius 3 is 2.11 bits per heavy atom.